The molecule has 0 aliphatic carbocycles. The van der Waals surface area contributed by atoms with E-state index in [1.54, 1.807) is 13.0 Å². The van der Waals surface area contributed by atoms with Gasteiger partial charge in [0.25, 0.3) is 11.6 Å². The van der Waals surface area contributed by atoms with Gasteiger partial charge in [-0.05, 0) is 26.3 Å². The summed E-state index contributed by atoms with van der Waals surface area (Å²) in [6.07, 6.45) is 0. The first-order valence-electron chi connectivity index (χ1n) is 5.26. The zero-order valence-corrected chi connectivity index (χ0v) is 10.4. The van der Waals surface area contributed by atoms with Crippen molar-refractivity contribution in [3.8, 4) is 6.07 Å². The molecule has 1 amide bonds. The molecule has 0 heterocycles. The van der Waals surface area contributed by atoms with Crippen LogP contribution in [0.15, 0.2) is 18.2 Å². The molecule has 0 saturated carbocycles. The van der Waals surface area contributed by atoms with Crippen molar-refractivity contribution >= 4 is 11.6 Å². The molecule has 0 aliphatic rings. The topological polar surface area (TPSA) is 96.0 Å². The summed E-state index contributed by atoms with van der Waals surface area (Å²) >= 11 is 0. The fourth-order valence-corrected chi connectivity index (χ4v) is 1.47. The van der Waals surface area contributed by atoms with Crippen LogP contribution in [-0.4, -0.2) is 16.4 Å². The minimum absolute atomic E-state index is 0.00850. The molecule has 0 radical (unpaired) electrons. The lowest BCUT2D eigenvalue weighted by atomic mass is 10.0. The average Bonchev–Trinajstić information content (AvgIpc) is 2.27. The molecule has 1 aromatic rings. The number of hydrogen-bond donors (Lipinski definition) is 1. The number of nitro benzene ring substituents is 1. The minimum Gasteiger partial charge on any atom is -0.334 e. The van der Waals surface area contributed by atoms with Gasteiger partial charge in [-0.1, -0.05) is 12.1 Å². The Kier molecular flexibility index (Phi) is 3.67. The van der Waals surface area contributed by atoms with Gasteiger partial charge in [0.2, 0.25) is 0 Å². The SMILES string of the molecule is Cc1cccc([N+](=O)[O-])c1C(=O)NC(C)(C)C#N. The van der Waals surface area contributed by atoms with Crippen LogP contribution in [0.25, 0.3) is 0 Å². The van der Waals surface area contributed by atoms with Crippen LogP contribution in [0.4, 0.5) is 5.69 Å². The second-order valence-corrected chi connectivity index (χ2v) is 4.42. The van der Waals surface area contributed by atoms with Crippen LogP contribution in [0.2, 0.25) is 0 Å². The zero-order valence-electron chi connectivity index (χ0n) is 10.4. The van der Waals surface area contributed by atoms with Crippen molar-refractivity contribution in [3.63, 3.8) is 0 Å². The molecule has 18 heavy (non-hydrogen) atoms. The molecule has 0 bridgehead atoms. The highest BCUT2D eigenvalue weighted by atomic mass is 16.6. The van der Waals surface area contributed by atoms with Crippen molar-refractivity contribution in [2.45, 2.75) is 26.3 Å². The Balaban J connectivity index is 3.22. The number of benzene rings is 1. The summed E-state index contributed by atoms with van der Waals surface area (Å²) < 4.78 is 0. The average molecular weight is 247 g/mol. The summed E-state index contributed by atoms with van der Waals surface area (Å²) in [6, 6.07) is 6.30. The quantitative estimate of drug-likeness (QED) is 0.652. The van der Waals surface area contributed by atoms with E-state index in [1.807, 2.05) is 6.07 Å². The monoisotopic (exact) mass is 247 g/mol. The molecule has 6 nitrogen and oxygen atoms in total. The third-order valence-corrected chi connectivity index (χ3v) is 2.38. The highest BCUT2D eigenvalue weighted by Gasteiger charge is 2.27. The van der Waals surface area contributed by atoms with Crippen molar-refractivity contribution in [3.05, 3.63) is 39.4 Å². The Hall–Kier alpha value is -2.42. The number of nitriles is 1. The lowest BCUT2D eigenvalue weighted by Crippen LogP contribution is -2.42. The maximum absolute atomic E-state index is 12.0. The standard InChI is InChI=1S/C12H13N3O3/c1-8-5-4-6-9(15(17)18)10(8)11(16)14-12(2,3)7-13/h4-6H,1-3H3,(H,14,16). The predicted molar refractivity (Wildman–Crippen MR) is 65.0 cm³/mol. The van der Waals surface area contributed by atoms with Crippen LogP contribution < -0.4 is 5.32 Å². The van der Waals surface area contributed by atoms with Crippen LogP contribution >= 0.6 is 0 Å². The van der Waals surface area contributed by atoms with E-state index in [0.29, 0.717) is 5.56 Å². The fraction of sp³-hybridized carbons (Fsp3) is 0.333. The Morgan fingerprint density at radius 3 is 2.61 bits per heavy atom. The van der Waals surface area contributed by atoms with Crippen molar-refractivity contribution in [2.24, 2.45) is 0 Å². The Morgan fingerprint density at radius 1 is 1.50 bits per heavy atom. The Bertz CT molecular complexity index is 544. The second kappa shape index (κ2) is 4.84. The van der Waals surface area contributed by atoms with Gasteiger partial charge in [0.05, 0.1) is 11.0 Å². The van der Waals surface area contributed by atoms with Gasteiger partial charge in [0.15, 0.2) is 0 Å². The maximum atomic E-state index is 12.0. The van der Waals surface area contributed by atoms with E-state index in [4.69, 9.17) is 5.26 Å². The van der Waals surface area contributed by atoms with Crippen molar-refractivity contribution in [1.82, 2.24) is 5.32 Å². The van der Waals surface area contributed by atoms with E-state index in [-0.39, 0.29) is 11.3 Å². The first-order valence-corrected chi connectivity index (χ1v) is 5.26. The number of nitrogens with one attached hydrogen (secondary N) is 1. The molecule has 1 aromatic carbocycles. The summed E-state index contributed by atoms with van der Waals surface area (Å²) in [5.41, 5.74) is -0.852. The number of carbonyl (C=O) groups is 1. The van der Waals surface area contributed by atoms with Gasteiger partial charge in [-0.2, -0.15) is 5.26 Å². The predicted octanol–water partition coefficient (Wildman–Crippen LogP) is 1.94. The molecule has 0 atom stereocenters. The molecule has 0 aliphatic heterocycles. The van der Waals surface area contributed by atoms with E-state index < -0.39 is 16.4 Å². The number of nitrogens with zero attached hydrogens (tertiary/aromatic N) is 2. The summed E-state index contributed by atoms with van der Waals surface area (Å²) in [7, 11) is 0. The molecule has 0 fully saturated rings. The van der Waals surface area contributed by atoms with E-state index in [1.165, 1.54) is 26.0 Å². The van der Waals surface area contributed by atoms with Gasteiger partial charge in [-0.3, -0.25) is 14.9 Å². The Labute approximate surface area is 104 Å². The number of hydrogen-bond acceptors (Lipinski definition) is 4. The number of rotatable bonds is 3. The summed E-state index contributed by atoms with van der Waals surface area (Å²) in [4.78, 5) is 22.3. The Morgan fingerprint density at radius 2 is 2.11 bits per heavy atom. The molecule has 1 N–H and O–H groups in total. The molecule has 0 unspecified atom stereocenters. The van der Waals surface area contributed by atoms with Crippen LogP contribution in [0.3, 0.4) is 0 Å². The molecule has 0 spiro atoms. The van der Waals surface area contributed by atoms with Gasteiger partial charge in [-0.25, -0.2) is 0 Å². The van der Waals surface area contributed by atoms with Gasteiger partial charge < -0.3 is 5.32 Å². The van der Waals surface area contributed by atoms with E-state index in [2.05, 4.69) is 5.32 Å². The van der Waals surface area contributed by atoms with Crippen molar-refractivity contribution in [1.29, 1.82) is 5.26 Å². The molecule has 0 saturated heterocycles. The van der Waals surface area contributed by atoms with Crippen LogP contribution in [0, 0.1) is 28.4 Å². The molecular weight excluding hydrogens is 234 g/mol. The summed E-state index contributed by atoms with van der Waals surface area (Å²) in [6.45, 7) is 4.66. The van der Waals surface area contributed by atoms with E-state index in [0.717, 1.165) is 0 Å². The number of nitro groups is 1. The minimum atomic E-state index is -1.08. The normalized spacial score (nSPS) is 10.6. The third-order valence-electron chi connectivity index (χ3n) is 2.38. The maximum Gasteiger partial charge on any atom is 0.282 e. The number of aryl methyl sites for hydroxylation is 1. The molecule has 1 rings (SSSR count). The smallest absolute Gasteiger partial charge is 0.282 e. The van der Waals surface area contributed by atoms with Gasteiger partial charge in [0, 0.05) is 6.07 Å². The molecule has 6 heteroatoms. The van der Waals surface area contributed by atoms with Crippen molar-refractivity contribution < 1.29 is 9.72 Å². The lowest BCUT2D eigenvalue weighted by molar-refractivity contribution is -0.385. The summed E-state index contributed by atoms with van der Waals surface area (Å²) in [5, 5.41) is 22.2. The number of amides is 1. The highest BCUT2D eigenvalue weighted by molar-refractivity contribution is 6.00. The van der Waals surface area contributed by atoms with Gasteiger partial charge >= 0.3 is 0 Å². The van der Waals surface area contributed by atoms with Crippen LogP contribution in [-0.2, 0) is 0 Å². The second-order valence-electron chi connectivity index (χ2n) is 4.42. The first kappa shape index (κ1) is 13.6. The van der Waals surface area contributed by atoms with Gasteiger partial charge in [-0.15, -0.1) is 0 Å². The van der Waals surface area contributed by atoms with Crippen LogP contribution in [0.5, 0.6) is 0 Å². The molecule has 94 valence electrons. The van der Waals surface area contributed by atoms with E-state index in [9.17, 15) is 14.9 Å². The zero-order chi connectivity index (χ0) is 13.9. The number of carbonyl (C=O) groups excluding carboxylic acids is 1. The van der Waals surface area contributed by atoms with Gasteiger partial charge in [0.1, 0.15) is 11.1 Å². The van der Waals surface area contributed by atoms with E-state index >= 15 is 0 Å². The summed E-state index contributed by atoms with van der Waals surface area (Å²) in [5.74, 6) is -0.619. The highest BCUT2D eigenvalue weighted by Crippen LogP contribution is 2.22. The largest absolute Gasteiger partial charge is 0.334 e. The third kappa shape index (κ3) is 2.83. The molecule has 0 aromatic heterocycles. The van der Waals surface area contributed by atoms with Crippen molar-refractivity contribution in [2.75, 3.05) is 0 Å². The lowest BCUT2D eigenvalue weighted by Gasteiger charge is -2.18. The fourth-order valence-electron chi connectivity index (χ4n) is 1.47. The first-order chi connectivity index (χ1) is 8.28. The van der Waals surface area contributed by atoms with Crippen LogP contribution in [0.1, 0.15) is 29.8 Å². The molecular formula is C12H13N3O3.